The van der Waals surface area contributed by atoms with Crippen molar-refractivity contribution >= 4 is 22.7 Å². The fourth-order valence-electron chi connectivity index (χ4n) is 3.30. The molecule has 1 saturated carbocycles. The van der Waals surface area contributed by atoms with Crippen molar-refractivity contribution in [3.05, 3.63) is 12.1 Å². The van der Waals surface area contributed by atoms with Crippen LogP contribution in [-0.4, -0.2) is 37.8 Å². The summed E-state index contributed by atoms with van der Waals surface area (Å²) in [6.45, 7) is 0.970. The number of aromatic nitrogens is 2. The summed E-state index contributed by atoms with van der Waals surface area (Å²) in [4.78, 5) is 11.2. The lowest BCUT2D eigenvalue weighted by Gasteiger charge is -2.21. The minimum atomic E-state index is 0.462. The number of nitrogen functional groups attached to an aromatic ring is 1. The highest BCUT2D eigenvalue weighted by Gasteiger charge is 2.19. The van der Waals surface area contributed by atoms with Crippen molar-refractivity contribution in [2.75, 3.05) is 38.4 Å². The Labute approximate surface area is 136 Å². The molecular formula is C17H24N4O2. The van der Waals surface area contributed by atoms with Gasteiger partial charge in [-0.1, -0.05) is 12.8 Å². The van der Waals surface area contributed by atoms with Crippen LogP contribution in [0.3, 0.4) is 0 Å². The summed E-state index contributed by atoms with van der Waals surface area (Å²) in [5, 5.41) is 0.778. The predicted octanol–water partition coefficient (Wildman–Crippen LogP) is 2.86. The van der Waals surface area contributed by atoms with E-state index in [1.165, 1.54) is 25.7 Å². The van der Waals surface area contributed by atoms with E-state index in [1.54, 1.807) is 14.2 Å². The Bertz CT molecular complexity index is 699. The van der Waals surface area contributed by atoms with E-state index >= 15 is 0 Å². The van der Waals surface area contributed by atoms with E-state index in [2.05, 4.69) is 14.9 Å². The summed E-state index contributed by atoms with van der Waals surface area (Å²) in [6, 6.07) is 3.67. The number of nitrogens with zero attached hydrogens (tertiary/aromatic N) is 3. The summed E-state index contributed by atoms with van der Waals surface area (Å²) in [7, 11) is 5.24. The van der Waals surface area contributed by atoms with E-state index in [9.17, 15) is 0 Å². The van der Waals surface area contributed by atoms with Gasteiger partial charge in [0.2, 0.25) is 5.95 Å². The molecule has 0 spiro atoms. The summed E-state index contributed by atoms with van der Waals surface area (Å²) < 4.78 is 10.7. The fourth-order valence-corrected chi connectivity index (χ4v) is 3.30. The normalized spacial score (nSPS) is 15.1. The van der Waals surface area contributed by atoms with Crippen molar-refractivity contribution in [1.29, 1.82) is 0 Å². The Morgan fingerprint density at radius 1 is 1.13 bits per heavy atom. The standard InChI is InChI=1S/C17H24N4O2/c1-21(10-11-6-4-5-7-11)17-19-13-9-15(23-3)14(22-2)8-12(13)16(18)20-17/h8-9,11H,4-7,10H2,1-3H3,(H2,18,19,20). The van der Waals surface area contributed by atoms with Crippen LogP contribution in [0.15, 0.2) is 12.1 Å². The molecule has 0 saturated heterocycles. The van der Waals surface area contributed by atoms with E-state index in [0.717, 1.165) is 23.4 Å². The topological polar surface area (TPSA) is 73.5 Å². The van der Waals surface area contributed by atoms with Gasteiger partial charge in [-0.3, -0.25) is 0 Å². The lowest BCUT2D eigenvalue weighted by molar-refractivity contribution is 0.356. The quantitative estimate of drug-likeness (QED) is 0.914. The van der Waals surface area contributed by atoms with Gasteiger partial charge in [0, 0.05) is 25.0 Å². The molecule has 0 bridgehead atoms. The van der Waals surface area contributed by atoms with Crippen LogP contribution in [0.4, 0.5) is 11.8 Å². The molecule has 1 aromatic heterocycles. The van der Waals surface area contributed by atoms with Crippen LogP contribution in [0.25, 0.3) is 10.9 Å². The van der Waals surface area contributed by atoms with Crippen molar-refractivity contribution < 1.29 is 9.47 Å². The summed E-state index contributed by atoms with van der Waals surface area (Å²) in [5.41, 5.74) is 6.91. The van der Waals surface area contributed by atoms with E-state index in [4.69, 9.17) is 15.2 Å². The summed E-state index contributed by atoms with van der Waals surface area (Å²) >= 11 is 0. The van der Waals surface area contributed by atoms with Crippen LogP contribution >= 0.6 is 0 Å². The maximum Gasteiger partial charge on any atom is 0.227 e. The van der Waals surface area contributed by atoms with Crippen LogP contribution in [0.2, 0.25) is 0 Å². The van der Waals surface area contributed by atoms with Crippen LogP contribution < -0.4 is 20.1 Å². The number of hydrogen-bond donors (Lipinski definition) is 1. The fraction of sp³-hybridized carbons (Fsp3) is 0.529. The third kappa shape index (κ3) is 3.11. The van der Waals surface area contributed by atoms with Gasteiger partial charge < -0.3 is 20.1 Å². The van der Waals surface area contributed by atoms with Crippen LogP contribution in [0, 0.1) is 5.92 Å². The predicted molar refractivity (Wildman–Crippen MR) is 92.3 cm³/mol. The second-order valence-electron chi connectivity index (χ2n) is 6.16. The van der Waals surface area contributed by atoms with Crippen molar-refractivity contribution in [3.8, 4) is 11.5 Å². The second-order valence-corrected chi connectivity index (χ2v) is 6.16. The van der Waals surface area contributed by atoms with Gasteiger partial charge in [-0.25, -0.2) is 4.98 Å². The first kappa shape index (κ1) is 15.6. The number of nitrogens with two attached hydrogens (primary N) is 1. The van der Waals surface area contributed by atoms with Crippen molar-refractivity contribution in [2.45, 2.75) is 25.7 Å². The number of ether oxygens (including phenoxy) is 2. The number of methoxy groups -OCH3 is 2. The third-order valence-corrected chi connectivity index (χ3v) is 4.57. The monoisotopic (exact) mass is 316 g/mol. The first-order chi connectivity index (χ1) is 11.1. The van der Waals surface area contributed by atoms with Crippen LogP contribution in [0.5, 0.6) is 11.5 Å². The van der Waals surface area contributed by atoms with E-state index in [-0.39, 0.29) is 0 Å². The van der Waals surface area contributed by atoms with Gasteiger partial charge in [0.1, 0.15) is 5.82 Å². The molecule has 0 radical (unpaired) electrons. The van der Waals surface area contributed by atoms with Crippen LogP contribution in [0.1, 0.15) is 25.7 Å². The molecule has 2 N–H and O–H groups in total. The lowest BCUT2D eigenvalue weighted by Crippen LogP contribution is -2.26. The minimum Gasteiger partial charge on any atom is -0.493 e. The lowest BCUT2D eigenvalue weighted by atomic mass is 10.1. The highest BCUT2D eigenvalue weighted by atomic mass is 16.5. The Balaban J connectivity index is 1.95. The molecule has 0 unspecified atom stereocenters. The molecule has 124 valence electrons. The maximum atomic E-state index is 6.14. The van der Waals surface area contributed by atoms with Crippen molar-refractivity contribution in [2.24, 2.45) is 5.92 Å². The molecule has 1 aliphatic carbocycles. The Morgan fingerprint density at radius 3 is 2.43 bits per heavy atom. The first-order valence-corrected chi connectivity index (χ1v) is 8.02. The molecule has 1 aliphatic rings. The molecule has 23 heavy (non-hydrogen) atoms. The number of rotatable bonds is 5. The Kier molecular flexibility index (Phi) is 4.41. The van der Waals surface area contributed by atoms with E-state index in [0.29, 0.717) is 23.3 Å². The highest BCUT2D eigenvalue weighted by Crippen LogP contribution is 2.34. The summed E-state index contributed by atoms with van der Waals surface area (Å²) in [5.74, 6) is 3.12. The molecule has 3 rings (SSSR count). The maximum absolute atomic E-state index is 6.14. The van der Waals surface area contributed by atoms with Gasteiger partial charge in [0.05, 0.1) is 19.7 Å². The second kappa shape index (κ2) is 6.48. The first-order valence-electron chi connectivity index (χ1n) is 8.02. The van der Waals surface area contributed by atoms with Gasteiger partial charge in [-0.15, -0.1) is 0 Å². The third-order valence-electron chi connectivity index (χ3n) is 4.57. The zero-order chi connectivity index (χ0) is 16.4. The largest absolute Gasteiger partial charge is 0.493 e. The molecular weight excluding hydrogens is 292 g/mol. The number of benzene rings is 1. The van der Waals surface area contributed by atoms with Gasteiger partial charge in [-0.2, -0.15) is 4.98 Å². The van der Waals surface area contributed by atoms with Gasteiger partial charge >= 0.3 is 0 Å². The molecule has 0 aliphatic heterocycles. The number of hydrogen-bond acceptors (Lipinski definition) is 6. The molecule has 0 amide bonds. The van der Waals surface area contributed by atoms with Crippen molar-refractivity contribution in [3.63, 3.8) is 0 Å². The Morgan fingerprint density at radius 2 is 1.78 bits per heavy atom. The average Bonchev–Trinajstić information content (AvgIpc) is 3.06. The highest BCUT2D eigenvalue weighted by molar-refractivity contribution is 5.91. The van der Waals surface area contributed by atoms with Crippen molar-refractivity contribution in [1.82, 2.24) is 9.97 Å². The molecule has 1 heterocycles. The van der Waals surface area contributed by atoms with Gasteiger partial charge in [0.15, 0.2) is 11.5 Å². The molecule has 1 aromatic carbocycles. The smallest absolute Gasteiger partial charge is 0.227 e. The molecule has 0 atom stereocenters. The Hall–Kier alpha value is -2.24. The van der Waals surface area contributed by atoms with Gasteiger partial charge in [-0.05, 0) is 24.8 Å². The molecule has 6 nitrogen and oxygen atoms in total. The number of fused-ring (bicyclic) bond motifs is 1. The molecule has 1 fully saturated rings. The summed E-state index contributed by atoms with van der Waals surface area (Å²) in [6.07, 6.45) is 5.24. The zero-order valence-corrected chi connectivity index (χ0v) is 14.0. The minimum absolute atomic E-state index is 0.462. The van der Waals surface area contributed by atoms with E-state index < -0.39 is 0 Å². The number of anilines is 2. The van der Waals surface area contributed by atoms with Gasteiger partial charge in [0.25, 0.3) is 0 Å². The molecule has 6 heteroatoms. The van der Waals surface area contributed by atoms with E-state index in [1.807, 2.05) is 19.2 Å². The average molecular weight is 316 g/mol. The molecule has 2 aromatic rings. The SMILES string of the molecule is COc1cc2nc(N(C)CC3CCCC3)nc(N)c2cc1OC. The zero-order valence-electron chi connectivity index (χ0n) is 14.0. The van der Waals surface area contributed by atoms with Crippen LogP contribution in [-0.2, 0) is 0 Å².